The van der Waals surface area contributed by atoms with E-state index in [1.165, 1.54) is 12.1 Å². The molecule has 7 heteroatoms. The molecule has 0 bridgehead atoms. The van der Waals surface area contributed by atoms with Crippen molar-refractivity contribution in [1.29, 1.82) is 0 Å². The molecule has 88 valence electrons. The van der Waals surface area contributed by atoms with Gasteiger partial charge in [-0.25, -0.2) is 9.59 Å². The molecule has 16 heavy (non-hydrogen) atoms. The van der Waals surface area contributed by atoms with Crippen LogP contribution in [0.5, 0.6) is 0 Å². The molecule has 0 saturated carbocycles. The van der Waals surface area contributed by atoms with Crippen molar-refractivity contribution in [3.63, 3.8) is 0 Å². The normalized spacial score (nSPS) is 9.19. The minimum absolute atomic E-state index is 0. The molecule has 0 aliphatic carbocycles. The quantitative estimate of drug-likeness (QED) is 0.849. The van der Waals surface area contributed by atoms with E-state index in [1.54, 1.807) is 0 Å². The van der Waals surface area contributed by atoms with Crippen molar-refractivity contribution in [2.45, 2.75) is 0 Å². The summed E-state index contributed by atoms with van der Waals surface area (Å²) in [5, 5.41) is 8.79. The summed E-state index contributed by atoms with van der Waals surface area (Å²) in [7, 11) is 1.13. The minimum atomic E-state index is -1.33. The van der Waals surface area contributed by atoms with Gasteiger partial charge in [-0.15, -0.1) is 12.4 Å². The van der Waals surface area contributed by atoms with E-state index in [1.807, 2.05) is 0 Å². The summed E-state index contributed by atoms with van der Waals surface area (Å²) in [6, 6.07) is 2.64. The molecule has 0 fully saturated rings. The third-order valence-corrected chi connectivity index (χ3v) is 2.34. The number of hydrogen-bond donors (Lipinski definition) is 1. The molecule has 0 amide bonds. The maximum atomic E-state index is 11.3. The Morgan fingerprint density at radius 1 is 1.19 bits per heavy atom. The topological polar surface area (TPSA) is 63.6 Å². The molecule has 1 rings (SSSR count). The van der Waals surface area contributed by atoms with Crippen LogP contribution >= 0.6 is 35.6 Å². The number of carboxylic acids is 1. The number of methoxy groups -OCH3 is 1. The Morgan fingerprint density at radius 2 is 1.62 bits per heavy atom. The zero-order valence-corrected chi connectivity index (χ0v) is 10.3. The van der Waals surface area contributed by atoms with E-state index in [0.717, 1.165) is 7.11 Å². The molecule has 0 atom stereocenters. The Balaban J connectivity index is 0.00000225. The van der Waals surface area contributed by atoms with Crippen LogP contribution in [0.3, 0.4) is 0 Å². The lowest BCUT2D eigenvalue weighted by Crippen LogP contribution is -2.11. The summed E-state index contributed by atoms with van der Waals surface area (Å²) in [5.74, 6) is -2.16. The van der Waals surface area contributed by atoms with E-state index >= 15 is 0 Å². The maximum Gasteiger partial charge on any atom is 0.340 e. The van der Waals surface area contributed by atoms with Crippen LogP contribution in [0.1, 0.15) is 20.7 Å². The van der Waals surface area contributed by atoms with E-state index in [0.29, 0.717) is 0 Å². The SMILES string of the molecule is COC(=O)c1c(Cl)ccc(Cl)c1C(=O)O.Cl. The summed E-state index contributed by atoms with van der Waals surface area (Å²) in [6.07, 6.45) is 0. The van der Waals surface area contributed by atoms with Gasteiger partial charge in [-0.05, 0) is 12.1 Å². The van der Waals surface area contributed by atoms with Gasteiger partial charge in [0.05, 0.1) is 28.3 Å². The second-order valence-corrected chi connectivity index (χ2v) is 3.39. The number of halogens is 3. The summed E-state index contributed by atoms with van der Waals surface area (Å²) in [4.78, 5) is 22.1. The first-order valence-electron chi connectivity index (χ1n) is 3.78. The van der Waals surface area contributed by atoms with E-state index < -0.39 is 11.9 Å². The van der Waals surface area contributed by atoms with Crippen LogP contribution in [0.4, 0.5) is 0 Å². The largest absolute Gasteiger partial charge is 0.478 e. The Morgan fingerprint density at radius 3 is 2.00 bits per heavy atom. The van der Waals surface area contributed by atoms with Crippen LogP contribution in [0.2, 0.25) is 10.0 Å². The van der Waals surface area contributed by atoms with Crippen molar-refractivity contribution in [3.8, 4) is 0 Å². The molecule has 0 aliphatic rings. The molecule has 0 aliphatic heterocycles. The van der Waals surface area contributed by atoms with E-state index in [2.05, 4.69) is 4.74 Å². The Bertz CT molecular complexity index is 431. The predicted molar refractivity (Wildman–Crippen MR) is 62.0 cm³/mol. The highest BCUT2D eigenvalue weighted by Crippen LogP contribution is 2.27. The molecule has 1 aromatic carbocycles. The number of ether oxygens (including phenoxy) is 1. The standard InChI is InChI=1S/C9H6Cl2O4.ClH/c1-15-9(14)7-5(11)3-2-4(10)6(7)8(12)13;/h2-3H,1H3,(H,12,13);1H. The fraction of sp³-hybridized carbons (Fsp3) is 0.111. The summed E-state index contributed by atoms with van der Waals surface area (Å²) >= 11 is 11.3. The average molecular weight is 286 g/mol. The summed E-state index contributed by atoms with van der Waals surface area (Å²) < 4.78 is 4.42. The molecule has 4 nitrogen and oxygen atoms in total. The van der Waals surface area contributed by atoms with E-state index in [4.69, 9.17) is 28.3 Å². The number of hydrogen-bond acceptors (Lipinski definition) is 3. The van der Waals surface area contributed by atoms with Gasteiger partial charge in [-0.2, -0.15) is 0 Å². The molecule has 0 aromatic heterocycles. The number of carbonyl (C=O) groups is 2. The van der Waals surface area contributed by atoms with E-state index in [-0.39, 0.29) is 33.6 Å². The van der Waals surface area contributed by atoms with Gasteiger partial charge in [0, 0.05) is 0 Å². The second kappa shape index (κ2) is 5.94. The van der Waals surface area contributed by atoms with Crippen molar-refractivity contribution in [1.82, 2.24) is 0 Å². The lowest BCUT2D eigenvalue weighted by atomic mass is 10.1. The zero-order valence-electron chi connectivity index (χ0n) is 7.99. The highest BCUT2D eigenvalue weighted by atomic mass is 35.5. The van der Waals surface area contributed by atoms with Crippen LogP contribution in [-0.2, 0) is 4.74 Å². The van der Waals surface area contributed by atoms with Gasteiger partial charge in [-0.3, -0.25) is 0 Å². The van der Waals surface area contributed by atoms with Gasteiger partial charge in [0.15, 0.2) is 0 Å². The van der Waals surface area contributed by atoms with Crippen molar-refractivity contribution in [2.24, 2.45) is 0 Å². The van der Waals surface area contributed by atoms with Gasteiger partial charge >= 0.3 is 11.9 Å². The van der Waals surface area contributed by atoms with Gasteiger partial charge < -0.3 is 9.84 Å². The number of rotatable bonds is 2. The number of esters is 1. The molecule has 0 saturated heterocycles. The third-order valence-electron chi connectivity index (χ3n) is 1.71. The summed E-state index contributed by atoms with van der Waals surface area (Å²) in [6.45, 7) is 0. The smallest absolute Gasteiger partial charge is 0.340 e. The number of aromatic carboxylic acids is 1. The number of benzene rings is 1. The van der Waals surface area contributed by atoms with Crippen LogP contribution in [-0.4, -0.2) is 24.2 Å². The minimum Gasteiger partial charge on any atom is -0.478 e. The number of carboxylic acid groups (broad SMARTS) is 1. The Hall–Kier alpha value is -0.970. The van der Waals surface area contributed by atoms with Crippen molar-refractivity contribution >= 4 is 47.5 Å². The molecular formula is C9H7Cl3O4. The van der Waals surface area contributed by atoms with Crippen LogP contribution in [0, 0.1) is 0 Å². The van der Waals surface area contributed by atoms with Crippen LogP contribution < -0.4 is 0 Å². The third kappa shape index (κ3) is 2.78. The second-order valence-electron chi connectivity index (χ2n) is 2.58. The fourth-order valence-electron chi connectivity index (χ4n) is 1.06. The number of carbonyl (C=O) groups excluding carboxylic acids is 1. The molecule has 0 heterocycles. The molecule has 1 N–H and O–H groups in total. The highest BCUT2D eigenvalue weighted by Gasteiger charge is 2.23. The van der Waals surface area contributed by atoms with Crippen molar-refractivity contribution in [2.75, 3.05) is 7.11 Å². The maximum absolute atomic E-state index is 11.3. The fourth-order valence-corrected chi connectivity index (χ4v) is 1.54. The van der Waals surface area contributed by atoms with Crippen LogP contribution in [0.25, 0.3) is 0 Å². The van der Waals surface area contributed by atoms with Gasteiger partial charge in [-0.1, -0.05) is 23.2 Å². The predicted octanol–water partition coefficient (Wildman–Crippen LogP) is 2.90. The highest BCUT2D eigenvalue weighted by molar-refractivity contribution is 6.38. The molecule has 1 aromatic rings. The molecular weight excluding hydrogens is 278 g/mol. The Labute approximate surface area is 108 Å². The molecule has 0 radical (unpaired) electrons. The van der Waals surface area contributed by atoms with Gasteiger partial charge in [0.1, 0.15) is 0 Å². The molecule has 0 unspecified atom stereocenters. The lowest BCUT2D eigenvalue weighted by Gasteiger charge is -2.07. The van der Waals surface area contributed by atoms with Gasteiger partial charge in [0.25, 0.3) is 0 Å². The first kappa shape index (κ1) is 15.0. The monoisotopic (exact) mass is 284 g/mol. The Kier molecular flexibility index (Phi) is 5.58. The summed E-state index contributed by atoms with van der Waals surface area (Å²) in [5.41, 5.74) is -0.588. The van der Waals surface area contributed by atoms with Gasteiger partial charge in [0.2, 0.25) is 0 Å². The zero-order chi connectivity index (χ0) is 11.6. The van der Waals surface area contributed by atoms with Crippen molar-refractivity contribution < 1.29 is 19.4 Å². The van der Waals surface area contributed by atoms with Crippen molar-refractivity contribution in [3.05, 3.63) is 33.3 Å². The first-order chi connectivity index (χ1) is 6.99. The average Bonchev–Trinajstić information content (AvgIpc) is 2.19. The van der Waals surface area contributed by atoms with Crippen LogP contribution in [0.15, 0.2) is 12.1 Å². The van der Waals surface area contributed by atoms with E-state index in [9.17, 15) is 9.59 Å². The lowest BCUT2D eigenvalue weighted by molar-refractivity contribution is 0.0583. The molecule has 0 spiro atoms. The first-order valence-corrected chi connectivity index (χ1v) is 4.54.